The number of amides is 1. The summed E-state index contributed by atoms with van der Waals surface area (Å²) in [6.07, 6.45) is -1.66. The number of benzene rings is 1. The average Bonchev–Trinajstić information content (AvgIpc) is 2.28. The minimum absolute atomic E-state index is 0.0106. The highest BCUT2D eigenvalue weighted by atomic mass is 35.5. The summed E-state index contributed by atoms with van der Waals surface area (Å²) in [5.41, 5.74) is 0.158. The maximum absolute atomic E-state index is 11.5. The summed E-state index contributed by atoms with van der Waals surface area (Å²) < 4.78 is 0. The zero-order valence-corrected chi connectivity index (χ0v) is 9.31. The lowest BCUT2D eigenvalue weighted by Crippen LogP contribution is -2.36. The predicted molar refractivity (Wildman–Crippen MR) is 59.1 cm³/mol. The van der Waals surface area contributed by atoms with Crippen molar-refractivity contribution in [2.24, 2.45) is 0 Å². The number of rotatable bonds is 4. The van der Waals surface area contributed by atoms with E-state index in [2.05, 4.69) is 5.32 Å². The van der Waals surface area contributed by atoms with E-state index in [1.807, 2.05) is 0 Å². The number of aliphatic hydroxyl groups is 1. The number of aliphatic carboxylic acids is 1. The van der Waals surface area contributed by atoms with Crippen LogP contribution in [0.4, 0.5) is 0 Å². The van der Waals surface area contributed by atoms with Crippen LogP contribution in [0, 0.1) is 0 Å². The number of carboxylic acids is 1. The summed E-state index contributed by atoms with van der Waals surface area (Å²) in [7, 11) is 0. The van der Waals surface area contributed by atoms with Crippen molar-refractivity contribution in [3.8, 4) is 5.75 Å². The highest BCUT2D eigenvalue weighted by Gasteiger charge is 2.15. The van der Waals surface area contributed by atoms with Crippen LogP contribution in [-0.4, -0.2) is 39.8 Å². The van der Waals surface area contributed by atoms with Crippen LogP contribution in [-0.2, 0) is 4.79 Å². The molecule has 1 rings (SSSR count). The van der Waals surface area contributed by atoms with Crippen LogP contribution in [0.15, 0.2) is 18.2 Å². The second-order valence-corrected chi connectivity index (χ2v) is 3.64. The fourth-order valence-electron chi connectivity index (χ4n) is 1.03. The fraction of sp³-hybridized carbons (Fsp3) is 0.200. The molecule has 0 heterocycles. The van der Waals surface area contributed by atoms with Gasteiger partial charge in [-0.25, -0.2) is 4.79 Å². The molecule has 1 amide bonds. The molecule has 0 aromatic heterocycles. The second kappa shape index (κ2) is 5.51. The third kappa shape index (κ3) is 3.61. The van der Waals surface area contributed by atoms with Crippen LogP contribution in [0.2, 0.25) is 5.02 Å². The number of aliphatic hydroxyl groups excluding tert-OH is 1. The van der Waals surface area contributed by atoms with E-state index in [9.17, 15) is 9.59 Å². The van der Waals surface area contributed by atoms with Crippen LogP contribution in [0.25, 0.3) is 0 Å². The molecule has 1 atom stereocenters. The normalized spacial score (nSPS) is 11.9. The van der Waals surface area contributed by atoms with E-state index in [1.54, 1.807) is 0 Å². The van der Waals surface area contributed by atoms with Crippen molar-refractivity contribution in [2.45, 2.75) is 6.10 Å². The molecular formula is C10H10ClNO5. The average molecular weight is 260 g/mol. The Morgan fingerprint density at radius 1 is 1.41 bits per heavy atom. The predicted octanol–water partition coefficient (Wildman–Crippen LogP) is 0.221. The molecule has 7 heteroatoms. The minimum atomic E-state index is -1.66. The molecule has 0 saturated heterocycles. The number of halogens is 1. The first-order valence-corrected chi connectivity index (χ1v) is 4.97. The van der Waals surface area contributed by atoms with Crippen LogP contribution in [0.1, 0.15) is 10.4 Å². The van der Waals surface area contributed by atoms with Gasteiger partial charge in [0.25, 0.3) is 5.91 Å². The van der Waals surface area contributed by atoms with Gasteiger partial charge in [0.15, 0.2) is 6.10 Å². The molecule has 0 spiro atoms. The first-order chi connectivity index (χ1) is 7.91. The molecule has 6 nitrogen and oxygen atoms in total. The van der Waals surface area contributed by atoms with E-state index in [-0.39, 0.29) is 16.3 Å². The number of phenols is 1. The number of carboxylic acid groups (broad SMARTS) is 1. The molecule has 0 bridgehead atoms. The summed E-state index contributed by atoms with van der Waals surface area (Å²) in [6.45, 7) is -0.410. The smallest absolute Gasteiger partial charge is 0.334 e. The zero-order valence-electron chi connectivity index (χ0n) is 8.55. The molecule has 1 aromatic carbocycles. The standard InChI is InChI=1S/C10H10ClNO5/c11-6-3-5(1-2-7(6)13)9(15)12-4-8(14)10(16)17/h1-3,8,13-14H,4H2,(H,12,15)(H,16,17). The molecule has 1 aromatic rings. The second-order valence-electron chi connectivity index (χ2n) is 3.23. The summed E-state index contributed by atoms with van der Waals surface area (Å²) in [6, 6.07) is 3.80. The maximum Gasteiger partial charge on any atom is 0.334 e. The van der Waals surface area contributed by atoms with Gasteiger partial charge in [0, 0.05) is 5.56 Å². The Bertz CT molecular complexity index is 448. The Hall–Kier alpha value is -1.79. The largest absolute Gasteiger partial charge is 0.506 e. The van der Waals surface area contributed by atoms with Crippen molar-refractivity contribution in [1.29, 1.82) is 0 Å². The first-order valence-electron chi connectivity index (χ1n) is 4.59. The van der Waals surface area contributed by atoms with E-state index < -0.39 is 24.5 Å². The number of carbonyl (C=O) groups excluding carboxylic acids is 1. The van der Waals surface area contributed by atoms with Gasteiger partial charge in [-0.1, -0.05) is 11.6 Å². The molecule has 0 aliphatic carbocycles. The van der Waals surface area contributed by atoms with Gasteiger partial charge in [0.05, 0.1) is 11.6 Å². The molecule has 0 saturated carbocycles. The lowest BCUT2D eigenvalue weighted by atomic mass is 10.2. The van der Waals surface area contributed by atoms with E-state index in [0.717, 1.165) is 0 Å². The molecule has 17 heavy (non-hydrogen) atoms. The van der Waals surface area contributed by atoms with Gasteiger partial charge < -0.3 is 20.6 Å². The zero-order chi connectivity index (χ0) is 13.0. The van der Waals surface area contributed by atoms with Crippen molar-refractivity contribution in [1.82, 2.24) is 5.32 Å². The van der Waals surface area contributed by atoms with Gasteiger partial charge >= 0.3 is 5.97 Å². The molecule has 0 fully saturated rings. The lowest BCUT2D eigenvalue weighted by Gasteiger charge is -2.08. The van der Waals surface area contributed by atoms with E-state index in [1.165, 1.54) is 18.2 Å². The molecule has 92 valence electrons. The van der Waals surface area contributed by atoms with Gasteiger partial charge in [-0.05, 0) is 18.2 Å². The summed E-state index contributed by atoms with van der Waals surface area (Å²) >= 11 is 5.60. The van der Waals surface area contributed by atoms with Crippen LogP contribution >= 0.6 is 11.6 Å². The Kier molecular flexibility index (Phi) is 4.30. The quantitative estimate of drug-likeness (QED) is 0.619. The van der Waals surface area contributed by atoms with Gasteiger partial charge in [-0.3, -0.25) is 4.79 Å². The molecule has 4 N–H and O–H groups in total. The Balaban J connectivity index is 2.64. The third-order valence-electron chi connectivity index (χ3n) is 1.95. The minimum Gasteiger partial charge on any atom is -0.506 e. The number of carbonyl (C=O) groups is 2. The van der Waals surface area contributed by atoms with Crippen LogP contribution in [0.5, 0.6) is 5.75 Å². The van der Waals surface area contributed by atoms with E-state index in [4.69, 9.17) is 26.9 Å². The third-order valence-corrected chi connectivity index (χ3v) is 2.25. The number of aromatic hydroxyl groups is 1. The number of nitrogens with one attached hydrogen (secondary N) is 1. The summed E-state index contributed by atoms with van der Waals surface area (Å²) in [5.74, 6) is -2.17. The van der Waals surface area contributed by atoms with Gasteiger partial charge in [-0.2, -0.15) is 0 Å². The van der Waals surface area contributed by atoms with Crippen LogP contribution < -0.4 is 5.32 Å². The molecular weight excluding hydrogens is 250 g/mol. The maximum atomic E-state index is 11.5. The van der Waals surface area contributed by atoms with E-state index in [0.29, 0.717) is 0 Å². The Morgan fingerprint density at radius 2 is 2.06 bits per heavy atom. The number of hydrogen-bond donors (Lipinski definition) is 4. The molecule has 1 unspecified atom stereocenters. The SMILES string of the molecule is O=C(NCC(O)C(=O)O)c1ccc(O)c(Cl)c1. The van der Waals surface area contributed by atoms with Gasteiger partial charge in [0.2, 0.25) is 0 Å². The van der Waals surface area contributed by atoms with Gasteiger partial charge in [-0.15, -0.1) is 0 Å². The van der Waals surface area contributed by atoms with E-state index >= 15 is 0 Å². The molecule has 0 radical (unpaired) electrons. The Labute approximate surface area is 101 Å². The van der Waals surface area contributed by atoms with Crippen LogP contribution in [0.3, 0.4) is 0 Å². The van der Waals surface area contributed by atoms with Crippen molar-refractivity contribution in [3.05, 3.63) is 28.8 Å². The van der Waals surface area contributed by atoms with Gasteiger partial charge in [0.1, 0.15) is 5.75 Å². The summed E-state index contributed by atoms with van der Waals surface area (Å²) in [5, 5.41) is 28.7. The van der Waals surface area contributed by atoms with Crippen molar-refractivity contribution >= 4 is 23.5 Å². The number of hydrogen-bond acceptors (Lipinski definition) is 4. The highest BCUT2D eigenvalue weighted by molar-refractivity contribution is 6.32. The first kappa shape index (κ1) is 13.3. The molecule has 0 aliphatic heterocycles. The lowest BCUT2D eigenvalue weighted by molar-refractivity contribution is -0.146. The monoisotopic (exact) mass is 259 g/mol. The summed E-state index contributed by atoms with van der Waals surface area (Å²) in [4.78, 5) is 21.8. The molecule has 0 aliphatic rings. The number of phenolic OH excluding ortho intramolecular Hbond substituents is 1. The van der Waals surface area contributed by atoms with Crippen molar-refractivity contribution in [3.63, 3.8) is 0 Å². The Morgan fingerprint density at radius 3 is 2.59 bits per heavy atom. The highest BCUT2D eigenvalue weighted by Crippen LogP contribution is 2.23. The van der Waals surface area contributed by atoms with Crippen molar-refractivity contribution < 1.29 is 24.9 Å². The van der Waals surface area contributed by atoms with Crippen molar-refractivity contribution in [2.75, 3.05) is 6.54 Å². The topological polar surface area (TPSA) is 107 Å². The fourth-order valence-corrected chi connectivity index (χ4v) is 1.21.